The van der Waals surface area contributed by atoms with Crippen molar-refractivity contribution in [3.05, 3.63) is 53.0 Å². The SMILES string of the molecule is COc1ccc(-c2noc(-c3cc(-c4cccc(Br)c4)n[nH]3)n2)cc1OC. The van der Waals surface area contributed by atoms with E-state index in [1.54, 1.807) is 26.4 Å². The largest absolute Gasteiger partial charge is 0.493 e. The highest BCUT2D eigenvalue weighted by atomic mass is 79.9. The first kappa shape index (κ1) is 17.3. The number of aromatic nitrogens is 4. The Morgan fingerprint density at radius 3 is 2.59 bits per heavy atom. The van der Waals surface area contributed by atoms with Gasteiger partial charge in [0.15, 0.2) is 11.5 Å². The maximum absolute atomic E-state index is 5.39. The Balaban J connectivity index is 1.64. The molecule has 0 radical (unpaired) electrons. The van der Waals surface area contributed by atoms with Crippen LogP contribution in [0, 0.1) is 0 Å². The topological polar surface area (TPSA) is 86.1 Å². The van der Waals surface area contributed by atoms with Gasteiger partial charge in [0.25, 0.3) is 5.89 Å². The third-order valence-corrected chi connectivity index (χ3v) is 4.49. The number of rotatable bonds is 5. The average molecular weight is 427 g/mol. The third-order valence-electron chi connectivity index (χ3n) is 4.00. The molecule has 0 aliphatic heterocycles. The molecule has 2 aromatic carbocycles. The molecule has 0 atom stereocenters. The lowest BCUT2D eigenvalue weighted by molar-refractivity contribution is 0.355. The summed E-state index contributed by atoms with van der Waals surface area (Å²) in [5.41, 5.74) is 3.17. The van der Waals surface area contributed by atoms with Crippen molar-refractivity contribution in [3.8, 4) is 45.7 Å². The number of hydrogen-bond donors (Lipinski definition) is 1. The van der Waals surface area contributed by atoms with E-state index in [0.717, 1.165) is 21.3 Å². The van der Waals surface area contributed by atoms with E-state index in [1.807, 2.05) is 36.4 Å². The van der Waals surface area contributed by atoms with Gasteiger partial charge in [-0.05, 0) is 36.4 Å². The van der Waals surface area contributed by atoms with Gasteiger partial charge in [-0.1, -0.05) is 33.2 Å². The Hall–Kier alpha value is -3.13. The van der Waals surface area contributed by atoms with Gasteiger partial charge in [-0.3, -0.25) is 5.10 Å². The molecule has 2 aromatic heterocycles. The van der Waals surface area contributed by atoms with Crippen LogP contribution in [-0.4, -0.2) is 34.6 Å². The number of benzene rings is 2. The van der Waals surface area contributed by atoms with Crippen LogP contribution in [-0.2, 0) is 0 Å². The molecule has 0 saturated heterocycles. The molecule has 4 rings (SSSR count). The third kappa shape index (κ3) is 3.43. The highest BCUT2D eigenvalue weighted by molar-refractivity contribution is 9.10. The Morgan fingerprint density at radius 1 is 0.963 bits per heavy atom. The molecule has 0 bridgehead atoms. The highest BCUT2D eigenvalue weighted by Gasteiger charge is 2.15. The fraction of sp³-hybridized carbons (Fsp3) is 0.105. The second-order valence-electron chi connectivity index (χ2n) is 5.67. The monoisotopic (exact) mass is 426 g/mol. The van der Waals surface area contributed by atoms with Gasteiger partial charge in [-0.15, -0.1) is 0 Å². The molecular formula is C19H15BrN4O3. The van der Waals surface area contributed by atoms with Crippen molar-refractivity contribution >= 4 is 15.9 Å². The van der Waals surface area contributed by atoms with Crippen molar-refractivity contribution < 1.29 is 14.0 Å². The van der Waals surface area contributed by atoms with Crippen molar-refractivity contribution in [2.45, 2.75) is 0 Å². The molecule has 7 nitrogen and oxygen atoms in total. The summed E-state index contributed by atoms with van der Waals surface area (Å²) in [6, 6.07) is 15.2. The van der Waals surface area contributed by atoms with Gasteiger partial charge in [0.1, 0.15) is 5.69 Å². The Labute approximate surface area is 163 Å². The van der Waals surface area contributed by atoms with Gasteiger partial charge in [0.05, 0.1) is 19.9 Å². The first-order valence-electron chi connectivity index (χ1n) is 8.06. The fourth-order valence-corrected chi connectivity index (χ4v) is 3.05. The molecular weight excluding hydrogens is 412 g/mol. The van der Waals surface area contributed by atoms with Gasteiger partial charge in [0.2, 0.25) is 5.82 Å². The molecule has 0 amide bonds. The van der Waals surface area contributed by atoms with E-state index in [9.17, 15) is 0 Å². The van der Waals surface area contributed by atoms with Crippen molar-refractivity contribution in [1.29, 1.82) is 0 Å². The number of ether oxygens (including phenoxy) is 2. The van der Waals surface area contributed by atoms with Crippen LogP contribution in [0.1, 0.15) is 0 Å². The molecule has 4 aromatic rings. The molecule has 0 saturated carbocycles. The van der Waals surface area contributed by atoms with Crippen LogP contribution in [0.25, 0.3) is 34.2 Å². The zero-order valence-corrected chi connectivity index (χ0v) is 16.1. The van der Waals surface area contributed by atoms with Crippen LogP contribution in [0.2, 0.25) is 0 Å². The molecule has 0 aliphatic carbocycles. The van der Waals surface area contributed by atoms with E-state index in [4.69, 9.17) is 14.0 Å². The molecule has 1 N–H and O–H groups in total. The Kier molecular flexibility index (Phi) is 4.64. The van der Waals surface area contributed by atoms with Crippen LogP contribution in [0.5, 0.6) is 11.5 Å². The second kappa shape index (κ2) is 7.24. The first-order chi connectivity index (χ1) is 13.2. The molecule has 8 heteroatoms. The fourth-order valence-electron chi connectivity index (χ4n) is 2.65. The minimum atomic E-state index is 0.355. The van der Waals surface area contributed by atoms with Crippen molar-refractivity contribution in [2.24, 2.45) is 0 Å². The van der Waals surface area contributed by atoms with Crippen molar-refractivity contribution in [1.82, 2.24) is 20.3 Å². The second-order valence-corrected chi connectivity index (χ2v) is 6.59. The standard InChI is InChI=1S/C19H15BrN4O3/c1-25-16-7-6-12(9-17(16)26-2)18-21-19(27-24-18)15-10-14(22-23-15)11-4-3-5-13(20)8-11/h3-10H,1-2H3,(H,22,23). The van der Waals surface area contributed by atoms with Crippen LogP contribution in [0.15, 0.2) is 57.5 Å². The van der Waals surface area contributed by atoms with E-state index in [-0.39, 0.29) is 0 Å². The quantitative estimate of drug-likeness (QED) is 0.502. The van der Waals surface area contributed by atoms with E-state index in [2.05, 4.69) is 36.3 Å². The van der Waals surface area contributed by atoms with Crippen LogP contribution in [0.4, 0.5) is 0 Å². The van der Waals surface area contributed by atoms with Crippen molar-refractivity contribution in [2.75, 3.05) is 14.2 Å². The van der Waals surface area contributed by atoms with Crippen molar-refractivity contribution in [3.63, 3.8) is 0 Å². The molecule has 136 valence electrons. The number of nitrogens with zero attached hydrogens (tertiary/aromatic N) is 3. The first-order valence-corrected chi connectivity index (χ1v) is 8.85. The maximum atomic E-state index is 5.39. The number of nitrogens with one attached hydrogen (secondary N) is 1. The van der Waals surface area contributed by atoms with E-state index >= 15 is 0 Å². The number of halogens is 1. The number of aromatic amines is 1. The minimum absolute atomic E-state index is 0.355. The molecule has 0 fully saturated rings. The molecule has 0 aliphatic rings. The molecule has 0 unspecified atom stereocenters. The molecule has 0 spiro atoms. The van der Waals surface area contributed by atoms with Crippen LogP contribution >= 0.6 is 15.9 Å². The minimum Gasteiger partial charge on any atom is -0.493 e. The summed E-state index contributed by atoms with van der Waals surface area (Å²) in [6.07, 6.45) is 0. The maximum Gasteiger partial charge on any atom is 0.276 e. The van der Waals surface area contributed by atoms with Crippen LogP contribution in [0.3, 0.4) is 0 Å². The summed E-state index contributed by atoms with van der Waals surface area (Å²) in [6.45, 7) is 0. The summed E-state index contributed by atoms with van der Waals surface area (Å²) in [5, 5.41) is 11.3. The van der Waals surface area contributed by atoms with Gasteiger partial charge in [-0.2, -0.15) is 10.1 Å². The van der Waals surface area contributed by atoms with Crippen LogP contribution < -0.4 is 9.47 Å². The summed E-state index contributed by atoms with van der Waals surface area (Å²) in [4.78, 5) is 4.45. The molecule has 27 heavy (non-hydrogen) atoms. The molecule has 2 heterocycles. The Bertz CT molecular complexity index is 1090. The Morgan fingerprint density at radius 2 is 1.81 bits per heavy atom. The normalized spacial score (nSPS) is 10.8. The predicted octanol–water partition coefficient (Wildman–Crippen LogP) is 4.57. The summed E-state index contributed by atoms with van der Waals surface area (Å²) in [5.74, 6) is 2.04. The van der Waals surface area contributed by atoms with Gasteiger partial charge in [-0.25, -0.2) is 0 Å². The number of H-pyrrole nitrogens is 1. The predicted molar refractivity (Wildman–Crippen MR) is 104 cm³/mol. The summed E-state index contributed by atoms with van der Waals surface area (Å²) < 4.78 is 16.9. The zero-order valence-electron chi connectivity index (χ0n) is 14.6. The lowest BCUT2D eigenvalue weighted by atomic mass is 10.1. The summed E-state index contributed by atoms with van der Waals surface area (Å²) in [7, 11) is 3.17. The number of methoxy groups -OCH3 is 2. The zero-order chi connectivity index (χ0) is 18.8. The highest BCUT2D eigenvalue weighted by Crippen LogP contribution is 2.32. The lowest BCUT2D eigenvalue weighted by Gasteiger charge is -2.07. The summed E-state index contributed by atoms with van der Waals surface area (Å²) >= 11 is 3.46. The van der Waals surface area contributed by atoms with E-state index in [1.165, 1.54) is 0 Å². The van der Waals surface area contributed by atoms with E-state index < -0.39 is 0 Å². The smallest absolute Gasteiger partial charge is 0.276 e. The van der Waals surface area contributed by atoms with Gasteiger partial charge in [0, 0.05) is 15.6 Å². The number of hydrogen-bond acceptors (Lipinski definition) is 6. The van der Waals surface area contributed by atoms with Gasteiger partial charge >= 0.3 is 0 Å². The van der Waals surface area contributed by atoms with Gasteiger partial charge < -0.3 is 14.0 Å². The average Bonchev–Trinajstić information content (AvgIpc) is 3.37. The lowest BCUT2D eigenvalue weighted by Crippen LogP contribution is -1.91. The van der Waals surface area contributed by atoms with E-state index in [0.29, 0.717) is 28.9 Å².